The number of aromatic nitrogens is 2. The number of nitrogens with zero attached hydrogens (tertiary/aromatic N) is 3. The summed E-state index contributed by atoms with van der Waals surface area (Å²) in [6.45, 7) is 2.92. The molecule has 84 valence electrons. The van der Waals surface area contributed by atoms with E-state index >= 15 is 0 Å². The molecule has 0 aromatic carbocycles. The second-order valence-corrected chi connectivity index (χ2v) is 4.58. The van der Waals surface area contributed by atoms with Gasteiger partial charge in [0.15, 0.2) is 0 Å². The number of piperidine rings is 1. The molecule has 1 saturated heterocycles. The number of nitrogen functional groups attached to an aromatic ring is 1. The summed E-state index contributed by atoms with van der Waals surface area (Å²) in [5, 5.41) is 4.76. The molecule has 2 heterocycles. The molecule has 0 atom stereocenters. The number of methoxy groups -OCH3 is 1. The molecule has 0 aliphatic carbocycles. The van der Waals surface area contributed by atoms with Crippen molar-refractivity contribution < 1.29 is 4.74 Å². The zero-order valence-electron chi connectivity index (χ0n) is 8.85. The van der Waals surface area contributed by atoms with E-state index in [0.29, 0.717) is 6.10 Å². The molecular formula is C9H16N4OS. The second kappa shape index (κ2) is 4.87. The van der Waals surface area contributed by atoms with Crippen LogP contribution in [0, 0.1) is 0 Å². The van der Waals surface area contributed by atoms with Crippen LogP contribution in [0.4, 0.5) is 5.00 Å². The Bertz CT molecular complexity index is 309. The van der Waals surface area contributed by atoms with Gasteiger partial charge in [0.25, 0.3) is 0 Å². The highest BCUT2D eigenvalue weighted by Gasteiger charge is 2.20. The fourth-order valence-corrected chi connectivity index (χ4v) is 2.28. The Balaban J connectivity index is 1.85. The molecule has 2 N–H and O–H groups in total. The first-order valence-corrected chi connectivity index (χ1v) is 5.89. The van der Waals surface area contributed by atoms with Crippen LogP contribution in [0.25, 0.3) is 0 Å². The molecular weight excluding hydrogens is 212 g/mol. The molecule has 1 aromatic heterocycles. The number of hydrogen-bond donors (Lipinski definition) is 1. The van der Waals surface area contributed by atoms with Gasteiger partial charge in [-0.05, 0) is 12.8 Å². The zero-order chi connectivity index (χ0) is 10.7. The van der Waals surface area contributed by atoms with E-state index in [9.17, 15) is 0 Å². The Morgan fingerprint density at radius 3 is 2.80 bits per heavy atom. The van der Waals surface area contributed by atoms with Crippen LogP contribution < -0.4 is 5.73 Å². The van der Waals surface area contributed by atoms with Crippen molar-refractivity contribution in [3.63, 3.8) is 0 Å². The first-order valence-electron chi connectivity index (χ1n) is 5.11. The van der Waals surface area contributed by atoms with Crippen molar-refractivity contribution >= 4 is 16.5 Å². The molecule has 1 aromatic rings. The van der Waals surface area contributed by atoms with Crippen molar-refractivity contribution in [2.45, 2.75) is 25.5 Å². The van der Waals surface area contributed by atoms with Crippen molar-refractivity contribution in [1.82, 2.24) is 14.5 Å². The summed E-state index contributed by atoms with van der Waals surface area (Å²) >= 11 is 1.26. The van der Waals surface area contributed by atoms with Gasteiger partial charge in [-0.15, -0.1) is 5.10 Å². The van der Waals surface area contributed by atoms with Crippen molar-refractivity contribution in [2.75, 3.05) is 25.9 Å². The first-order chi connectivity index (χ1) is 7.29. The van der Waals surface area contributed by atoms with Crippen LogP contribution in [-0.2, 0) is 11.3 Å². The van der Waals surface area contributed by atoms with Gasteiger partial charge in [0.05, 0.1) is 6.10 Å². The quantitative estimate of drug-likeness (QED) is 0.826. The standard InChI is InChI=1S/C9H16N4OS/c1-14-7-2-4-13(5-3-7)6-8-9(10)15-12-11-8/h7H,2-6,10H2,1H3. The predicted octanol–water partition coefficient (Wildman–Crippen LogP) is 0.731. The summed E-state index contributed by atoms with van der Waals surface area (Å²) in [7, 11) is 1.78. The summed E-state index contributed by atoms with van der Waals surface area (Å²) in [5.41, 5.74) is 6.67. The summed E-state index contributed by atoms with van der Waals surface area (Å²) in [5.74, 6) is 0. The van der Waals surface area contributed by atoms with Crippen LogP contribution in [0.15, 0.2) is 0 Å². The Kier molecular flexibility index (Phi) is 3.50. The zero-order valence-corrected chi connectivity index (χ0v) is 9.66. The minimum atomic E-state index is 0.423. The first kappa shape index (κ1) is 10.8. The smallest absolute Gasteiger partial charge is 0.132 e. The molecule has 0 unspecified atom stereocenters. The van der Waals surface area contributed by atoms with Gasteiger partial charge in [-0.1, -0.05) is 4.49 Å². The second-order valence-electron chi connectivity index (χ2n) is 3.80. The van der Waals surface area contributed by atoms with Crippen LogP contribution in [0.1, 0.15) is 18.5 Å². The lowest BCUT2D eigenvalue weighted by Gasteiger charge is -2.30. The summed E-state index contributed by atoms with van der Waals surface area (Å²) in [4.78, 5) is 2.35. The van der Waals surface area contributed by atoms with E-state index in [4.69, 9.17) is 10.5 Å². The third-order valence-electron chi connectivity index (χ3n) is 2.83. The fraction of sp³-hybridized carbons (Fsp3) is 0.778. The highest BCUT2D eigenvalue weighted by atomic mass is 32.1. The maximum atomic E-state index is 5.75. The molecule has 6 heteroatoms. The summed E-state index contributed by atoms with van der Waals surface area (Å²) in [6, 6.07) is 0. The fourth-order valence-electron chi connectivity index (χ4n) is 1.84. The van der Waals surface area contributed by atoms with E-state index in [0.717, 1.165) is 43.2 Å². The summed E-state index contributed by atoms with van der Waals surface area (Å²) < 4.78 is 9.15. The lowest BCUT2D eigenvalue weighted by atomic mass is 10.1. The Labute approximate surface area is 93.4 Å². The van der Waals surface area contributed by atoms with E-state index < -0.39 is 0 Å². The van der Waals surface area contributed by atoms with Gasteiger partial charge < -0.3 is 10.5 Å². The molecule has 0 amide bonds. The van der Waals surface area contributed by atoms with Crippen LogP contribution >= 0.6 is 11.5 Å². The van der Waals surface area contributed by atoms with Crippen LogP contribution in [0.2, 0.25) is 0 Å². The van der Waals surface area contributed by atoms with Crippen molar-refractivity contribution in [3.05, 3.63) is 5.69 Å². The van der Waals surface area contributed by atoms with E-state index in [-0.39, 0.29) is 0 Å². The minimum Gasteiger partial charge on any atom is -0.388 e. The highest BCUT2D eigenvalue weighted by Crippen LogP contribution is 2.18. The molecule has 2 rings (SSSR count). The number of nitrogens with two attached hydrogens (primary N) is 1. The van der Waals surface area contributed by atoms with Gasteiger partial charge in [0.2, 0.25) is 0 Å². The number of anilines is 1. The number of ether oxygens (including phenoxy) is 1. The van der Waals surface area contributed by atoms with Gasteiger partial charge in [0, 0.05) is 38.3 Å². The molecule has 1 aliphatic rings. The van der Waals surface area contributed by atoms with Crippen molar-refractivity contribution in [3.8, 4) is 0 Å². The van der Waals surface area contributed by atoms with Crippen molar-refractivity contribution in [2.24, 2.45) is 0 Å². The average molecular weight is 228 g/mol. The molecule has 1 aliphatic heterocycles. The number of likely N-dealkylation sites (tertiary alicyclic amines) is 1. The molecule has 1 fully saturated rings. The molecule has 0 radical (unpaired) electrons. The SMILES string of the molecule is COC1CCN(Cc2nnsc2N)CC1. The van der Waals surface area contributed by atoms with Gasteiger partial charge in [-0.25, -0.2) is 0 Å². The van der Waals surface area contributed by atoms with Crippen LogP contribution in [0.5, 0.6) is 0 Å². The Hall–Kier alpha value is -0.720. The third-order valence-corrected chi connectivity index (χ3v) is 3.42. The van der Waals surface area contributed by atoms with Gasteiger partial charge in [0.1, 0.15) is 10.7 Å². The number of rotatable bonds is 3. The predicted molar refractivity (Wildman–Crippen MR) is 59.6 cm³/mol. The lowest BCUT2D eigenvalue weighted by Crippen LogP contribution is -2.36. The van der Waals surface area contributed by atoms with E-state index in [1.165, 1.54) is 11.5 Å². The normalized spacial score (nSPS) is 19.5. The lowest BCUT2D eigenvalue weighted by molar-refractivity contribution is 0.0386. The van der Waals surface area contributed by atoms with Gasteiger partial charge >= 0.3 is 0 Å². The van der Waals surface area contributed by atoms with Crippen LogP contribution in [0.3, 0.4) is 0 Å². The van der Waals surface area contributed by atoms with E-state index in [1.807, 2.05) is 0 Å². The topological polar surface area (TPSA) is 64.3 Å². The number of hydrogen-bond acceptors (Lipinski definition) is 6. The Morgan fingerprint density at radius 2 is 2.27 bits per heavy atom. The maximum Gasteiger partial charge on any atom is 0.132 e. The monoisotopic (exact) mass is 228 g/mol. The third kappa shape index (κ3) is 2.64. The maximum absolute atomic E-state index is 5.75. The molecule has 0 spiro atoms. The van der Waals surface area contributed by atoms with Gasteiger partial charge in [-0.3, -0.25) is 4.90 Å². The summed E-state index contributed by atoms with van der Waals surface area (Å²) in [6.07, 6.45) is 2.61. The van der Waals surface area contributed by atoms with Crippen molar-refractivity contribution in [1.29, 1.82) is 0 Å². The largest absolute Gasteiger partial charge is 0.388 e. The van der Waals surface area contributed by atoms with E-state index in [1.54, 1.807) is 7.11 Å². The molecule has 15 heavy (non-hydrogen) atoms. The Morgan fingerprint density at radius 1 is 1.53 bits per heavy atom. The molecule has 0 bridgehead atoms. The highest BCUT2D eigenvalue weighted by molar-refractivity contribution is 7.09. The van der Waals surface area contributed by atoms with Gasteiger partial charge in [-0.2, -0.15) is 0 Å². The minimum absolute atomic E-state index is 0.423. The molecule has 0 saturated carbocycles. The van der Waals surface area contributed by atoms with E-state index in [2.05, 4.69) is 14.5 Å². The van der Waals surface area contributed by atoms with Crippen LogP contribution in [-0.4, -0.2) is 40.8 Å². The molecule has 5 nitrogen and oxygen atoms in total. The average Bonchev–Trinajstić information content (AvgIpc) is 2.66.